The van der Waals surface area contributed by atoms with Crippen LogP contribution in [0, 0.1) is 4.91 Å². The van der Waals surface area contributed by atoms with Crippen molar-refractivity contribution in [2.45, 2.75) is 26.4 Å². The summed E-state index contributed by atoms with van der Waals surface area (Å²) >= 11 is 7.26. The summed E-state index contributed by atoms with van der Waals surface area (Å²) in [5.74, 6) is 1.48. The van der Waals surface area contributed by atoms with Gasteiger partial charge in [-0.05, 0) is 80.2 Å². The van der Waals surface area contributed by atoms with Gasteiger partial charge in [-0.1, -0.05) is 110 Å². The third kappa shape index (κ3) is 6.49. The fourth-order valence-electron chi connectivity index (χ4n) is 5.20. The van der Waals surface area contributed by atoms with E-state index in [9.17, 15) is 10.0 Å². The van der Waals surface area contributed by atoms with Gasteiger partial charge < -0.3 is 14.6 Å². The largest absolute Gasteiger partial charge is 0.488 e. The maximum absolute atomic E-state index is 10.7. The normalized spacial score (nSPS) is 11.1. The molecule has 0 aromatic heterocycles. The van der Waals surface area contributed by atoms with E-state index in [-0.39, 0.29) is 13.2 Å². The highest BCUT2D eigenvalue weighted by molar-refractivity contribution is 9.10. The van der Waals surface area contributed by atoms with Crippen LogP contribution in [0.1, 0.15) is 22.3 Å². The number of rotatable bonds is 10. The first-order chi connectivity index (χ1) is 21.0. The van der Waals surface area contributed by atoms with Gasteiger partial charge in [0.05, 0.1) is 6.61 Å². The first-order valence-corrected chi connectivity index (χ1v) is 15.4. The molecule has 7 heteroatoms. The molecule has 214 valence electrons. The summed E-state index contributed by atoms with van der Waals surface area (Å²) in [4.78, 5) is 10.7. The summed E-state index contributed by atoms with van der Waals surface area (Å²) in [6, 6.07) is 36.2. The van der Waals surface area contributed by atoms with E-state index >= 15 is 0 Å². The standard InChI is InChI=1S/C36H27Br2NO4/c37-29-11-13-31-27(17-29)9-15-33(42-21-25-5-1-23(2-6-25)19-39-41)35(31)36-32-14-12-30(38)18-28(32)10-16-34(36)43-22-26-7-3-24(20-40)4-8-26/h1-18,40H,19-22H2. The Hall–Kier alpha value is -4.04. The lowest BCUT2D eigenvalue weighted by molar-refractivity contribution is 0.281. The van der Waals surface area contributed by atoms with Crippen LogP contribution in [0.2, 0.25) is 0 Å². The first-order valence-electron chi connectivity index (χ1n) is 13.8. The topological polar surface area (TPSA) is 68.1 Å². The zero-order valence-corrected chi connectivity index (χ0v) is 26.3. The number of benzene rings is 6. The van der Waals surface area contributed by atoms with Gasteiger partial charge in [-0.3, -0.25) is 0 Å². The molecular weight excluding hydrogens is 670 g/mol. The molecule has 5 nitrogen and oxygen atoms in total. The van der Waals surface area contributed by atoms with Crippen molar-refractivity contribution in [1.82, 2.24) is 0 Å². The second-order valence-electron chi connectivity index (χ2n) is 10.3. The van der Waals surface area contributed by atoms with E-state index in [1.807, 2.05) is 72.8 Å². The van der Waals surface area contributed by atoms with Crippen molar-refractivity contribution < 1.29 is 14.6 Å². The molecule has 0 radical (unpaired) electrons. The van der Waals surface area contributed by atoms with Crippen LogP contribution in [0.5, 0.6) is 11.5 Å². The fraction of sp³-hybridized carbons (Fsp3) is 0.111. The first kappa shape index (κ1) is 29.1. The van der Waals surface area contributed by atoms with Crippen molar-refractivity contribution in [1.29, 1.82) is 0 Å². The second-order valence-corrected chi connectivity index (χ2v) is 12.1. The second kappa shape index (κ2) is 13.1. The molecule has 0 aliphatic rings. The third-order valence-electron chi connectivity index (χ3n) is 7.40. The number of nitrogens with zero attached hydrogens (tertiary/aromatic N) is 1. The fourth-order valence-corrected chi connectivity index (χ4v) is 5.95. The Labute approximate surface area is 266 Å². The van der Waals surface area contributed by atoms with Crippen LogP contribution in [0.4, 0.5) is 0 Å². The Morgan fingerprint density at radius 2 is 1.00 bits per heavy atom. The van der Waals surface area contributed by atoms with Gasteiger partial charge >= 0.3 is 0 Å². The lowest BCUT2D eigenvalue weighted by atomic mass is 9.92. The predicted octanol–water partition coefficient (Wildman–Crippen LogP) is 10.1. The molecule has 0 atom stereocenters. The van der Waals surface area contributed by atoms with E-state index in [4.69, 9.17) is 9.47 Å². The SMILES string of the molecule is O=NCc1ccc(COc2ccc3cc(Br)ccc3c2-c2c(OCc3ccc(CO)cc3)ccc3cc(Br)ccc23)cc1. The molecule has 0 amide bonds. The van der Waals surface area contributed by atoms with Crippen molar-refractivity contribution in [3.8, 4) is 22.6 Å². The molecule has 6 rings (SSSR count). The maximum atomic E-state index is 10.7. The van der Waals surface area contributed by atoms with Gasteiger partial charge in [0.2, 0.25) is 0 Å². The molecular formula is C36H27Br2NO4. The number of nitroso groups, excluding NO2 is 1. The van der Waals surface area contributed by atoms with Crippen LogP contribution in [-0.4, -0.2) is 5.11 Å². The molecule has 0 heterocycles. The van der Waals surface area contributed by atoms with E-state index in [2.05, 4.69) is 73.4 Å². The summed E-state index contributed by atoms with van der Waals surface area (Å²) in [5.41, 5.74) is 5.62. The van der Waals surface area contributed by atoms with Crippen LogP contribution in [0.3, 0.4) is 0 Å². The van der Waals surface area contributed by atoms with Crippen LogP contribution >= 0.6 is 31.9 Å². The number of hydrogen-bond donors (Lipinski definition) is 1. The molecule has 0 saturated heterocycles. The molecule has 0 bridgehead atoms. The molecule has 0 aliphatic carbocycles. The Balaban J connectivity index is 1.48. The maximum Gasteiger partial charge on any atom is 0.128 e. The third-order valence-corrected chi connectivity index (χ3v) is 8.39. The van der Waals surface area contributed by atoms with E-state index in [1.165, 1.54) is 0 Å². The van der Waals surface area contributed by atoms with Crippen molar-refractivity contribution in [3.63, 3.8) is 0 Å². The summed E-state index contributed by atoms with van der Waals surface area (Å²) in [6.45, 7) is 0.880. The van der Waals surface area contributed by atoms with Crippen molar-refractivity contribution in [2.75, 3.05) is 0 Å². The number of aliphatic hydroxyl groups excluding tert-OH is 1. The molecule has 43 heavy (non-hydrogen) atoms. The van der Waals surface area contributed by atoms with E-state index in [0.29, 0.717) is 13.2 Å². The number of halogens is 2. The molecule has 6 aromatic carbocycles. The minimum absolute atomic E-state index is 0.00554. The van der Waals surface area contributed by atoms with Crippen LogP contribution < -0.4 is 9.47 Å². The average Bonchev–Trinajstić information content (AvgIpc) is 3.03. The minimum Gasteiger partial charge on any atom is -0.488 e. The average molecular weight is 697 g/mol. The van der Waals surface area contributed by atoms with Crippen LogP contribution in [0.15, 0.2) is 123 Å². The summed E-state index contributed by atoms with van der Waals surface area (Å²) in [6.07, 6.45) is 0. The summed E-state index contributed by atoms with van der Waals surface area (Å²) < 4.78 is 15.1. The van der Waals surface area contributed by atoms with Crippen LogP contribution in [-0.2, 0) is 26.4 Å². The van der Waals surface area contributed by atoms with Crippen molar-refractivity contribution in [3.05, 3.63) is 145 Å². The Morgan fingerprint density at radius 1 is 0.558 bits per heavy atom. The van der Waals surface area contributed by atoms with Gasteiger partial charge in [-0.15, -0.1) is 0 Å². The summed E-state index contributed by atoms with van der Waals surface area (Å²) in [7, 11) is 0. The molecule has 0 saturated carbocycles. The molecule has 1 N–H and O–H groups in total. The molecule has 0 unspecified atom stereocenters. The minimum atomic E-state index is 0.00554. The molecule has 0 fully saturated rings. The summed E-state index contributed by atoms with van der Waals surface area (Å²) in [5, 5.41) is 16.6. The number of fused-ring (bicyclic) bond motifs is 2. The lowest BCUT2D eigenvalue weighted by Crippen LogP contribution is -2.01. The number of aliphatic hydroxyl groups is 1. The van der Waals surface area contributed by atoms with Gasteiger partial charge in [-0.2, -0.15) is 4.91 Å². The van der Waals surface area contributed by atoms with Gasteiger partial charge in [0, 0.05) is 20.1 Å². The van der Waals surface area contributed by atoms with E-state index in [0.717, 1.165) is 75.4 Å². The highest BCUT2D eigenvalue weighted by atomic mass is 79.9. The van der Waals surface area contributed by atoms with Crippen molar-refractivity contribution in [2.24, 2.45) is 5.18 Å². The number of hydrogen-bond acceptors (Lipinski definition) is 5. The zero-order chi connectivity index (χ0) is 29.8. The van der Waals surface area contributed by atoms with Gasteiger partial charge in [0.25, 0.3) is 0 Å². The van der Waals surface area contributed by atoms with Crippen molar-refractivity contribution >= 4 is 53.4 Å². The van der Waals surface area contributed by atoms with E-state index in [1.54, 1.807) is 0 Å². The lowest BCUT2D eigenvalue weighted by Gasteiger charge is -2.20. The predicted molar refractivity (Wildman–Crippen MR) is 179 cm³/mol. The Kier molecular flexibility index (Phi) is 8.84. The smallest absolute Gasteiger partial charge is 0.128 e. The van der Waals surface area contributed by atoms with Gasteiger partial charge in [-0.25, -0.2) is 0 Å². The monoisotopic (exact) mass is 695 g/mol. The van der Waals surface area contributed by atoms with Gasteiger partial charge in [0.15, 0.2) is 0 Å². The Bertz CT molecular complexity index is 1920. The number of ether oxygens (including phenoxy) is 2. The van der Waals surface area contributed by atoms with Crippen LogP contribution in [0.25, 0.3) is 32.7 Å². The Morgan fingerprint density at radius 3 is 1.44 bits per heavy atom. The highest BCUT2D eigenvalue weighted by Gasteiger charge is 2.20. The molecule has 0 spiro atoms. The highest BCUT2D eigenvalue weighted by Crippen LogP contribution is 2.46. The molecule has 0 aliphatic heterocycles. The molecule has 6 aromatic rings. The quantitative estimate of drug-likeness (QED) is 0.145. The van der Waals surface area contributed by atoms with Gasteiger partial charge in [0.1, 0.15) is 31.3 Å². The zero-order valence-electron chi connectivity index (χ0n) is 23.1. The van der Waals surface area contributed by atoms with E-state index < -0.39 is 0 Å².